The first kappa shape index (κ1) is 22.8. The Hall–Kier alpha value is -3.35. The van der Waals surface area contributed by atoms with Gasteiger partial charge in [-0.3, -0.25) is 9.59 Å². The molecule has 2 aliphatic rings. The first-order valence-electron chi connectivity index (χ1n) is 11.9. The third-order valence-electron chi connectivity index (χ3n) is 6.31. The first-order valence-corrected chi connectivity index (χ1v) is 11.9. The van der Waals surface area contributed by atoms with Crippen molar-refractivity contribution in [1.29, 1.82) is 0 Å². The summed E-state index contributed by atoms with van der Waals surface area (Å²) in [7, 11) is 0. The van der Waals surface area contributed by atoms with Crippen LogP contribution in [-0.4, -0.2) is 30.9 Å². The number of carbonyl (C=O) groups excluding carboxylic acids is 2. The van der Waals surface area contributed by atoms with Gasteiger partial charge in [0.1, 0.15) is 0 Å². The predicted octanol–water partition coefficient (Wildman–Crippen LogP) is 4.00. The molecule has 0 bridgehead atoms. The number of hydrogen-bond donors (Lipinski definition) is 4. The van der Waals surface area contributed by atoms with Crippen molar-refractivity contribution in [3.63, 3.8) is 0 Å². The number of benzene rings is 2. The lowest BCUT2D eigenvalue weighted by Crippen LogP contribution is -2.40. The number of nitrogens with zero attached hydrogens (tertiary/aromatic N) is 1. The van der Waals surface area contributed by atoms with Gasteiger partial charge in [-0.25, -0.2) is 4.99 Å². The maximum atomic E-state index is 12.4. The molecule has 1 aliphatic carbocycles. The zero-order chi connectivity index (χ0) is 23.0. The van der Waals surface area contributed by atoms with Crippen LogP contribution in [-0.2, 0) is 16.1 Å². The summed E-state index contributed by atoms with van der Waals surface area (Å²) in [6, 6.07) is 15.8. The summed E-state index contributed by atoms with van der Waals surface area (Å²) in [5.41, 5.74) is 3.88. The van der Waals surface area contributed by atoms with Crippen molar-refractivity contribution in [2.75, 3.05) is 23.7 Å². The summed E-state index contributed by atoms with van der Waals surface area (Å²) in [5, 5.41) is 12.7. The molecular weight excluding hydrogens is 414 g/mol. The van der Waals surface area contributed by atoms with E-state index < -0.39 is 0 Å². The molecule has 7 nitrogen and oxygen atoms in total. The number of amides is 2. The van der Waals surface area contributed by atoms with E-state index in [0.29, 0.717) is 25.5 Å². The summed E-state index contributed by atoms with van der Waals surface area (Å²) >= 11 is 0. The van der Waals surface area contributed by atoms with Crippen LogP contribution >= 0.6 is 0 Å². The van der Waals surface area contributed by atoms with Gasteiger partial charge in [-0.1, -0.05) is 43.2 Å². The van der Waals surface area contributed by atoms with Gasteiger partial charge in [0.25, 0.3) is 0 Å². The van der Waals surface area contributed by atoms with Crippen molar-refractivity contribution in [1.82, 2.24) is 10.6 Å². The summed E-state index contributed by atoms with van der Waals surface area (Å²) in [6.07, 6.45) is 4.71. The molecule has 1 fully saturated rings. The molecule has 0 radical (unpaired) electrons. The minimum atomic E-state index is 0.0407. The molecule has 7 heteroatoms. The van der Waals surface area contributed by atoms with Crippen molar-refractivity contribution >= 4 is 29.1 Å². The Morgan fingerprint density at radius 1 is 1.09 bits per heavy atom. The third kappa shape index (κ3) is 6.12. The Morgan fingerprint density at radius 2 is 1.91 bits per heavy atom. The molecular formula is C26H33N5O2. The van der Waals surface area contributed by atoms with E-state index in [2.05, 4.69) is 27.3 Å². The normalized spacial score (nSPS) is 18.4. The molecule has 0 saturated heterocycles. The Labute approximate surface area is 195 Å². The molecule has 0 aromatic heterocycles. The summed E-state index contributed by atoms with van der Waals surface area (Å²) < 4.78 is 0. The minimum Gasteiger partial charge on any atom is -0.357 e. The number of carbonyl (C=O) groups is 2. The van der Waals surface area contributed by atoms with Gasteiger partial charge in [0.05, 0.1) is 6.54 Å². The van der Waals surface area contributed by atoms with Crippen molar-refractivity contribution in [2.45, 2.75) is 51.5 Å². The number of aliphatic imine (C=N–C) groups is 1. The van der Waals surface area contributed by atoms with Crippen molar-refractivity contribution < 1.29 is 9.59 Å². The fourth-order valence-electron chi connectivity index (χ4n) is 4.60. The number of para-hydroxylation sites is 1. The van der Waals surface area contributed by atoms with Crippen LogP contribution in [0.3, 0.4) is 0 Å². The molecule has 2 aromatic rings. The van der Waals surface area contributed by atoms with Crippen molar-refractivity contribution in [3.8, 4) is 0 Å². The second kappa shape index (κ2) is 11.0. The Kier molecular flexibility index (Phi) is 7.60. The third-order valence-corrected chi connectivity index (χ3v) is 6.31. The fraction of sp³-hybridized carbons (Fsp3) is 0.423. The fourth-order valence-corrected chi connectivity index (χ4v) is 4.60. The quantitative estimate of drug-likeness (QED) is 0.381. The lowest BCUT2D eigenvalue weighted by Gasteiger charge is -2.26. The molecule has 1 saturated carbocycles. The van der Waals surface area contributed by atoms with Gasteiger partial charge in [0, 0.05) is 42.7 Å². The summed E-state index contributed by atoms with van der Waals surface area (Å²) in [6.45, 7) is 3.88. The van der Waals surface area contributed by atoms with Crippen molar-refractivity contribution in [3.05, 3.63) is 59.7 Å². The molecule has 1 heterocycles. The van der Waals surface area contributed by atoms with E-state index in [-0.39, 0.29) is 23.7 Å². The van der Waals surface area contributed by atoms with Gasteiger partial charge < -0.3 is 21.3 Å². The van der Waals surface area contributed by atoms with Gasteiger partial charge in [0.2, 0.25) is 11.8 Å². The molecule has 1 unspecified atom stereocenters. The Balaban J connectivity index is 1.37. The molecule has 33 heavy (non-hydrogen) atoms. The average molecular weight is 448 g/mol. The standard InChI is InChI=1S/C26H33N5O2/c1-2-27-26(29-17-20-15-24(32)31-23-13-6-5-12-22(20)23)28-16-18-8-7-11-21(14-18)30-25(33)19-9-3-4-10-19/h5-8,11-14,19-20H,2-4,9-10,15-17H2,1H3,(H,30,33)(H,31,32)(H2,27,28,29). The van der Waals surface area contributed by atoms with Crippen LogP contribution in [0.1, 0.15) is 56.1 Å². The summed E-state index contributed by atoms with van der Waals surface area (Å²) in [4.78, 5) is 29.3. The monoisotopic (exact) mass is 447 g/mol. The predicted molar refractivity (Wildman–Crippen MR) is 132 cm³/mol. The van der Waals surface area contributed by atoms with Gasteiger partial charge in [-0.2, -0.15) is 0 Å². The number of hydrogen-bond acceptors (Lipinski definition) is 3. The molecule has 1 aliphatic heterocycles. The van der Waals surface area contributed by atoms with Gasteiger partial charge in [-0.05, 0) is 49.1 Å². The highest BCUT2D eigenvalue weighted by atomic mass is 16.2. The maximum Gasteiger partial charge on any atom is 0.227 e. The van der Waals surface area contributed by atoms with Crippen LogP contribution in [0.5, 0.6) is 0 Å². The number of nitrogens with one attached hydrogen (secondary N) is 4. The Bertz CT molecular complexity index is 1010. The molecule has 2 aromatic carbocycles. The Morgan fingerprint density at radius 3 is 2.73 bits per heavy atom. The van der Waals surface area contributed by atoms with E-state index in [9.17, 15) is 9.59 Å². The van der Waals surface area contributed by atoms with Gasteiger partial charge in [0.15, 0.2) is 5.96 Å². The van der Waals surface area contributed by atoms with Crippen LogP contribution in [0.15, 0.2) is 53.5 Å². The molecule has 4 rings (SSSR count). The zero-order valence-corrected chi connectivity index (χ0v) is 19.2. The highest BCUT2D eigenvalue weighted by Crippen LogP contribution is 2.31. The average Bonchev–Trinajstić information content (AvgIpc) is 3.36. The van der Waals surface area contributed by atoms with Gasteiger partial charge in [-0.15, -0.1) is 0 Å². The second-order valence-electron chi connectivity index (χ2n) is 8.78. The number of anilines is 2. The van der Waals surface area contributed by atoms with E-state index in [1.807, 2.05) is 49.4 Å². The lowest BCUT2D eigenvalue weighted by atomic mass is 9.90. The lowest BCUT2D eigenvalue weighted by molar-refractivity contribution is -0.119. The van der Waals surface area contributed by atoms with E-state index >= 15 is 0 Å². The van der Waals surface area contributed by atoms with E-state index in [1.165, 1.54) is 0 Å². The van der Waals surface area contributed by atoms with Crippen LogP contribution in [0.4, 0.5) is 11.4 Å². The van der Waals surface area contributed by atoms with Gasteiger partial charge >= 0.3 is 0 Å². The van der Waals surface area contributed by atoms with Crippen LogP contribution in [0, 0.1) is 5.92 Å². The topological polar surface area (TPSA) is 94.6 Å². The van der Waals surface area contributed by atoms with Crippen LogP contribution in [0.2, 0.25) is 0 Å². The molecule has 2 amide bonds. The van der Waals surface area contributed by atoms with E-state index in [1.54, 1.807) is 0 Å². The van der Waals surface area contributed by atoms with E-state index in [4.69, 9.17) is 4.99 Å². The SMILES string of the molecule is CCNC(=NCc1cccc(NC(=O)C2CCCC2)c1)NCC1CC(=O)Nc2ccccc21. The smallest absolute Gasteiger partial charge is 0.227 e. The van der Waals surface area contributed by atoms with Crippen molar-refractivity contribution in [2.24, 2.45) is 10.9 Å². The van der Waals surface area contributed by atoms with Crippen LogP contribution in [0.25, 0.3) is 0 Å². The summed E-state index contributed by atoms with van der Waals surface area (Å²) in [5.74, 6) is 1.11. The number of rotatable bonds is 7. The van der Waals surface area contributed by atoms with E-state index in [0.717, 1.165) is 54.7 Å². The molecule has 174 valence electrons. The molecule has 4 N–H and O–H groups in total. The highest BCUT2D eigenvalue weighted by molar-refractivity contribution is 5.95. The maximum absolute atomic E-state index is 12.4. The molecule has 1 atom stereocenters. The highest BCUT2D eigenvalue weighted by Gasteiger charge is 2.25. The minimum absolute atomic E-state index is 0.0407. The number of fused-ring (bicyclic) bond motifs is 1. The molecule has 0 spiro atoms. The second-order valence-corrected chi connectivity index (χ2v) is 8.78. The number of guanidine groups is 1. The van der Waals surface area contributed by atoms with Crippen LogP contribution < -0.4 is 21.3 Å². The first-order chi connectivity index (χ1) is 16.1. The largest absolute Gasteiger partial charge is 0.357 e. The zero-order valence-electron chi connectivity index (χ0n) is 19.2.